The lowest BCUT2D eigenvalue weighted by Crippen LogP contribution is -2.47. The summed E-state index contributed by atoms with van der Waals surface area (Å²) >= 11 is 0. The molecule has 4 rings (SSSR count). The maximum atomic E-state index is 3.72. The molecule has 1 saturated carbocycles. The molecule has 2 saturated heterocycles. The van der Waals surface area contributed by atoms with Gasteiger partial charge in [-0.3, -0.25) is 9.80 Å². The topological polar surface area (TPSA) is 18.5 Å². The Morgan fingerprint density at radius 1 is 0.913 bits per heavy atom. The van der Waals surface area contributed by atoms with E-state index in [0.717, 1.165) is 19.0 Å². The molecule has 3 aliphatic rings. The van der Waals surface area contributed by atoms with Gasteiger partial charge in [-0.1, -0.05) is 30.7 Å². The van der Waals surface area contributed by atoms with E-state index >= 15 is 0 Å². The molecule has 1 aliphatic carbocycles. The highest BCUT2D eigenvalue weighted by atomic mass is 15.2. The molecule has 0 amide bonds. The van der Waals surface area contributed by atoms with Crippen LogP contribution in [-0.2, 0) is 6.54 Å². The zero-order valence-electron chi connectivity index (χ0n) is 14.3. The van der Waals surface area contributed by atoms with Crippen LogP contribution in [0.3, 0.4) is 0 Å². The number of nitrogens with zero attached hydrogens (tertiary/aromatic N) is 2. The van der Waals surface area contributed by atoms with Gasteiger partial charge >= 0.3 is 0 Å². The number of likely N-dealkylation sites (tertiary alicyclic amines) is 1. The number of hydrogen-bond donors (Lipinski definition) is 1. The molecule has 3 nitrogen and oxygen atoms in total. The Labute approximate surface area is 141 Å². The first kappa shape index (κ1) is 15.6. The summed E-state index contributed by atoms with van der Waals surface area (Å²) in [4.78, 5) is 5.26. The van der Waals surface area contributed by atoms with E-state index in [9.17, 15) is 0 Å². The third kappa shape index (κ3) is 3.96. The predicted molar refractivity (Wildman–Crippen MR) is 95.5 cm³/mol. The predicted octanol–water partition coefficient (Wildman–Crippen LogP) is 3.03. The van der Waals surface area contributed by atoms with Crippen molar-refractivity contribution in [2.24, 2.45) is 5.92 Å². The van der Waals surface area contributed by atoms with E-state index in [2.05, 4.69) is 39.4 Å². The summed E-state index contributed by atoms with van der Waals surface area (Å²) in [5.41, 5.74) is 2.94. The van der Waals surface area contributed by atoms with Crippen molar-refractivity contribution in [2.75, 3.05) is 39.3 Å². The standard InChI is InChI=1S/C20H31N3/c1-2-12-22(11-1)14-18-6-8-19(9-7-18)20-16-23(13-10-21-20)15-17-4-3-5-17/h6-9,17,20-21H,1-5,10-16H2. The maximum absolute atomic E-state index is 3.72. The van der Waals surface area contributed by atoms with Crippen LogP contribution in [0.2, 0.25) is 0 Å². The van der Waals surface area contributed by atoms with Crippen LogP contribution in [-0.4, -0.2) is 49.1 Å². The van der Waals surface area contributed by atoms with Crippen molar-refractivity contribution in [3.05, 3.63) is 35.4 Å². The lowest BCUT2D eigenvalue weighted by molar-refractivity contribution is 0.140. The number of hydrogen-bond acceptors (Lipinski definition) is 3. The van der Waals surface area contributed by atoms with Crippen LogP contribution in [0.5, 0.6) is 0 Å². The maximum Gasteiger partial charge on any atom is 0.0449 e. The first-order chi connectivity index (χ1) is 11.4. The highest BCUT2D eigenvalue weighted by molar-refractivity contribution is 5.26. The third-order valence-corrected chi connectivity index (χ3v) is 5.99. The second-order valence-corrected chi connectivity index (χ2v) is 7.79. The van der Waals surface area contributed by atoms with Gasteiger partial charge in [0.15, 0.2) is 0 Å². The molecule has 0 bridgehead atoms. The molecule has 1 aromatic carbocycles. The molecule has 0 spiro atoms. The van der Waals surface area contributed by atoms with Crippen molar-refractivity contribution in [3.8, 4) is 0 Å². The molecule has 1 unspecified atom stereocenters. The van der Waals surface area contributed by atoms with E-state index in [1.807, 2.05) is 0 Å². The second kappa shape index (κ2) is 7.33. The minimum atomic E-state index is 0.518. The molecule has 3 heteroatoms. The van der Waals surface area contributed by atoms with Crippen molar-refractivity contribution in [2.45, 2.75) is 44.7 Å². The summed E-state index contributed by atoms with van der Waals surface area (Å²) in [6.45, 7) is 8.55. The van der Waals surface area contributed by atoms with Gasteiger partial charge in [0, 0.05) is 38.8 Å². The van der Waals surface area contributed by atoms with Crippen LogP contribution in [0, 0.1) is 5.92 Å². The largest absolute Gasteiger partial charge is 0.308 e. The van der Waals surface area contributed by atoms with Crippen LogP contribution in [0.15, 0.2) is 24.3 Å². The average molecular weight is 313 g/mol. The van der Waals surface area contributed by atoms with Gasteiger partial charge in [0.2, 0.25) is 0 Å². The van der Waals surface area contributed by atoms with E-state index in [1.165, 1.54) is 76.0 Å². The molecule has 1 N–H and O–H groups in total. The molecule has 1 atom stereocenters. The van der Waals surface area contributed by atoms with Crippen LogP contribution >= 0.6 is 0 Å². The summed E-state index contributed by atoms with van der Waals surface area (Å²) in [6.07, 6.45) is 7.13. The van der Waals surface area contributed by atoms with Gasteiger partial charge in [-0.25, -0.2) is 0 Å². The zero-order valence-corrected chi connectivity index (χ0v) is 14.3. The monoisotopic (exact) mass is 313 g/mol. The fourth-order valence-corrected chi connectivity index (χ4v) is 4.29. The van der Waals surface area contributed by atoms with Crippen molar-refractivity contribution in [3.63, 3.8) is 0 Å². The van der Waals surface area contributed by atoms with E-state index in [4.69, 9.17) is 0 Å². The van der Waals surface area contributed by atoms with E-state index in [0.29, 0.717) is 6.04 Å². The Bertz CT molecular complexity index is 488. The number of rotatable bonds is 5. The highest BCUT2D eigenvalue weighted by Gasteiger charge is 2.25. The van der Waals surface area contributed by atoms with Crippen LogP contribution in [0.25, 0.3) is 0 Å². The summed E-state index contributed by atoms with van der Waals surface area (Å²) < 4.78 is 0. The van der Waals surface area contributed by atoms with Crippen molar-refractivity contribution < 1.29 is 0 Å². The van der Waals surface area contributed by atoms with Gasteiger partial charge in [-0.15, -0.1) is 0 Å². The minimum absolute atomic E-state index is 0.518. The summed E-state index contributed by atoms with van der Waals surface area (Å²) in [5.74, 6) is 0.983. The van der Waals surface area contributed by atoms with Crippen LogP contribution < -0.4 is 5.32 Å². The molecule has 126 valence electrons. The van der Waals surface area contributed by atoms with Crippen molar-refractivity contribution in [1.82, 2.24) is 15.1 Å². The lowest BCUT2D eigenvalue weighted by atomic mass is 9.85. The van der Waals surface area contributed by atoms with Gasteiger partial charge in [0.1, 0.15) is 0 Å². The summed E-state index contributed by atoms with van der Waals surface area (Å²) in [5, 5.41) is 3.72. The average Bonchev–Trinajstić information content (AvgIpc) is 3.05. The Morgan fingerprint density at radius 2 is 1.70 bits per heavy atom. The Balaban J connectivity index is 1.33. The molecule has 1 aromatic rings. The van der Waals surface area contributed by atoms with Crippen LogP contribution in [0.4, 0.5) is 0 Å². The van der Waals surface area contributed by atoms with Crippen molar-refractivity contribution >= 4 is 0 Å². The molecule has 0 radical (unpaired) electrons. The zero-order chi connectivity index (χ0) is 15.5. The van der Waals surface area contributed by atoms with Crippen LogP contribution in [0.1, 0.15) is 49.3 Å². The molecular formula is C20H31N3. The fraction of sp³-hybridized carbons (Fsp3) is 0.700. The minimum Gasteiger partial charge on any atom is -0.308 e. The van der Waals surface area contributed by atoms with E-state index < -0.39 is 0 Å². The van der Waals surface area contributed by atoms with Gasteiger partial charge in [0.05, 0.1) is 0 Å². The van der Waals surface area contributed by atoms with Gasteiger partial charge in [0.25, 0.3) is 0 Å². The molecule has 2 aliphatic heterocycles. The Morgan fingerprint density at radius 3 is 2.39 bits per heavy atom. The van der Waals surface area contributed by atoms with E-state index in [-0.39, 0.29) is 0 Å². The van der Waals surface area contributed by atoms with E-state index in [1.54, 1.807) is 0 Å². The first-order valence-corrected chi connectivity index (χ1v) is 9.64. The normalized spacial score (nSPS) is 27.2. The number of piperazine rings is 1. The highest BCUT2D eigenvalue weighted by Crippen LogP contribution is 2.28. The quantitative estimate of drug-likeness (QED) is 0.901. The SMILES string of the molecule is c1cc(C2CN(CC3CCC3)CCN2)ccc1CN1CCCC1. The summed E-state index contributed by atoms with van der Waals surface area (Å²) in [6, 6.07) is 9.93. The molecule has 23 heavy (non-hydrogen) atoms. The Hall–Kier alpha value is -0.900. The second-order valence-electron chi connectivity index (χ2n) is 7.79. The molecular weight excluding hydrogens is 282 g/mol. The Kier molecular flexibility index (Phi) is 4.98. The van der Waals surface area contributed by atoms with Gasteiger partial charge in [-0.05, 0) is 55.8 Å². The number of benzene rings is 1. The van der Waals surface area contributed by atoms with Gasteiger partial charge < -0.3 is 5.32 Å². The summed E-state index contributed by atoms with van der Waals surface area (Å²) in [7, 11) is 0. The van der Waals surface area contributed by atoms with Crippen molar-refractivity contribution in [1.29, 1.82) is 0 Å². The fourth-order valence-electron chi connectivity index (χ4n) is 4.29. The molecule has 2 heterocycles. The number of nitrogens with one attached hydrogen (secondary N) is 1. The third-order valence-electron chi connectivity index (χ3n) is 5.99. The van der Waals surface area contributed by atoms with Gasteiger partial charge in [-0.2, -0.15) is 0 Å². The lowest BCUT2D eigenvalue weighted by Gasteiger charge is -2.38. The first-order valence-electron chi connectivity index (χ1n) is 9.64. The smallest absolute Gasteiger partial charge is 0.0449 e. The molecule has 3 fully saturated rings. The molecule has 0 aromatic heterocycles.